The van der Waals surface area contributed by atoms with Crippen LogP contribution in [0.1, 0.15) is 0 Å². The van der Waals surface area contributed by atoms with Crippen LogP contribution in [0.5, 0.6) is 0 Å². The number of hydrogen-bond donors (Lipinski definition) is 1. The molecule has 1 N–H and O–H groups in total. The van der Waals surface area contributed by atoms with Crippen LogP contribution in [0.15, 0.2) is 0 Å². The van der Waals surface area contributed by atoms with Crippen LogP contribution in [-0.2, 0) is 14.3 Å². The normalized spacial score (nSPS) is 10.9. The Morgan fingerprint density at radius 3 is 2.44 bits per heavy atom. The van der Waals surface area contributed by atoms with Crippen LogP contribution < -0.4 is 5.32 Å². The second-order valence-corrected chi connectivity index (χ2v) is 3.37. The molecule has 18 heavy (non-hydrogen) atoms. The number of nitrogens with one attached hydrogen (secondary N) is 1. The van der Waals surface area contributed by atoms with Crippen LogP contribution in [0.3, 0.4) is 0 Å². The first-order chi connectivity index (χ1) is 8.26. The molecule has 0 aliphatic heterocycles. The van der Waals surface area contributed by atoms with E-state index in [9.17, 15) is 22.8 Å². The molecule has 0 spiro atoms. The van der Waals surface area contributed by atoms with E-state index in [0.29, 0.717) is 6.61 Å². The molecule has 0 rings (SSSR count). The number of halogens is 3. The zero-order chi connectivity index (χ0) is 14.2. The van der Waals surface area contributed by atoms with Gasteiger partial charge in [-0.1, -0.05) is 0 Å². The van der Waals surface area contributed by atoms with E-state index in [1.165, 1.54) is 7.11 Å². The van der Waals surface area contributed by atoms with Gasteiger partial charge in [0.25, 0.3) is 0 Å². The van der Waals surface area contributed by atoms with Crippen molar-refractivity contribution in [3.05, 3.63) is 0 Å². The van der Waals surface area contributed by atoms with E-state index < -0.39 is 24.8 Å². The highest BCUT2D eigenvalue weighted by Crippen LogP contribution is 2.14. The molecule has 0 aromatic heterocycles. The van der Waals surface area contributed by atoms with Crippen molar-refractivity contribution >= 4 is 12.0 Å². The maximum absolute atomic E-state index is 11.8. The molecule has 0 saturated heterocycles. The molecule has 106 valence electrons. The first-order valence-corrected chi connectivity index (χ1v) is 4.96. The third-order valence-electron chi connectivity index (χ3n) is 1.68. The Morgan fingerprint density at radius 1 is 1.33 bits per heavy atom. The van der Waals surface area contributed by atoms with Crippen molar-refractivity contribution in [2.24, 2.45) is 0 Å². The lowest BCUT2D eigenvalue weighted by Gasteiger charge is -2.17. The molecule has 0 unspecified atom stereocenters. The Labute approximate surface area is 102 Å². The van der Waals surface area contributed by atoms with Crippen LogP contribution in [0.2, 0.25) is 0 Å². The van der Waals surface area contributed by atoms with Gasteiger partial charge in [0.2, 0.25) is 5.91 Å². The van der Waals surface area contributed by atoms with Crippen molar-refractivity contribution < 1.29 is 32.2 Å². The van der Waals surface area contributed by atoms with Crippen molar-refractivity contribution in [1.29, 1.82) is 0 Å². The lowest BCUT2D eigenvalue weighted by Crippen LogP contribution is -2.40. The molecule has 0 fully saturated rings. The third-order valence-corrected chi connectivity index (χ3v) is 1.68. The average molecular weight is 272 g/mol. The first kappa shape index (κ1) is 16.5. The van der Waals surface area contributed by atoms with Crippen LogP contribution >= 0.6 is 0 Å². The van der Waals surface area contributed by atoms with Crippen molar-refractivity contribution in [2.45, 2.75) is 6.18 Å². The number of methoxy groups -OCH3 is 1. The second-order valence-electron chi connectivity index (χ2n) is 3.37. The topological polar surface area (TPSA) is 67.9 Å². The number of hydrogen-bond acceptors (Lipinski definition) is 4. The minimum Gasteiger partial charge on any atom is -0.440 e. The third kappa shape index (κ3) is 8.62. The molecule has 0 heterocycles. The number of rotatable bonds is 6. The lowest BCUT2D eigenvalue weighted by atomic mass is 10.5. The second kappa shape index (κ2) is 7.75. The molecule has 0 radical (unpaired) electrons. The number of nitrogens with zero attached hydrogens (tertiary/aromatic N) is 1. The van der Waals surface area contributed by atoms with Gasteiger partial charge in [-0.3, -0.25) is 4.79 Å². The highest BCUT2D eigenvalue weighted by Gasteiger charge is 2.30. The minimum absolute atomic E-state index is 0.251. The summed E-state index contributed by atoms with van der Waals surface area (Å²) in [7, 11) is 2.61. The largest absolute Gasteiger partial charge is 0.440 e. The molecule has 0 aromatic rings. The van der Waals surface area contributed by atoms with Gasteiger partial charge in [-0.05, 0) is 0 Å². The van der Waals surface area contributed by atoms with Crippen LogP contribution in [0, 0.1) is 0 Å². The van der Waals surface area contributed by atoms with Gasteiger partial charge in [0.15, 0.2) is 6.61 Å². The molecular formula is C9H15F3N2O4. The van der Waals surface area contributed by atoms with Crippen molar-refractivity contribution in [2.75, 3.05) is 40.5 Å². The summed E-state index contributed by atoms with van der Waals surface area (Å²) in [6.45, 7) is -1.52. The van der Waals surface area contributed by atoms with E-state index in [1.54, 1.807) is 0 Å². The van der Waals surface area contributed by atoms with Crippen LogP contribution in [0.25, 0.3) is 0 Å². The van der Waals surface area contributed by atoms with Gasteiger partial charge in [0, 0.05) is 20.7 Å². The minimum atomic E-state index is -4.59. The summed E-state index contributed by atoms with van der Waals surface area (Å²) in [5, 5.41) is 2.41. The predicted molar refractivity (Wildman–Crippen MR) is 54.9 cm³/mol. The SMILES string of the molecule is COCCNC(=O)CN(C)C(=O)OCC(F)(F)F. The van der Waals surface area contributed by atoms with Gasteiger partial charge in [-0.2, -0.15) is 13.2 Å². The number of amides is 2. The molecule has 0 aliphatic carbocycles. The van der Waals surface area contributed by atoms with E-state index in [1.807, 2.05) is 0 Å². The fourth-order valence-electron chi connectivity index (χ4n) is 0.882. The van der Waals surface area contributed by atoms with E-state index >= 15 is 0 Å². The molecule has 9 heteroatoms. The van der Waals surface area contributed by atoms with E-state index in [-0.39, 0.29) is 13.1 Å². The number of ether oxygens (including phenoxy) is 2. The standard InChI is InChI=1S/C9H15F3N2O4/c1-14(5-7(15)13-3-4-17-2)8(16)18-6-9(10,11)12/h3-6H2,1-2H3,(H,13,15). The molecule has 2 amide bonds. The summed E-state index contributed by atoms with van der Waals surface area (Å²) in [5.74, 6) is -0.515. The monoisotopic (exact) mass is 272 g/mol. The van der Waals surface area contributed by atoms with Crippen molar-refractivity contribution in [3.8, 4) is 0 Å². The number of carbonyl (C=O) groups excluding carboxylic acids is 2. The van der Waals surface area contributed by atoms with Crippen molar-refractivity contribution in [3.63, 3.8) is 0 Å². The average Bonchev–Trinajstić information content (AvgIpc) is 2.25. The van der Waals surface area contributed by atoms with E-state index in [2.05, 4.69) is 14.8 Å². The Hall–Kier alpha value is -1.51. The fraction of sp³-hybridized carbons (Fsp3) is 0.778. The van der Waals surface area contributed by atoms with Gasteiger partial charge < -0.3 is 19.7 Å². The highest BCUT2D eigenvalue weighted by atomic mass is 19.4. The Morgan fingerprint density at radius 2 is 1.94 bits per heavy atom. The molecular weight excluding hydrogens is 257 g/mol. The molecule has 0 aromatic carbocycles. The molecule has 0 aliphatic rings. The Balaban J connectivity index is 3.89. The van der Waals surface area contributed by atoms with Gasteiger partial charge >= 0.3 is 12.3 Å². The van der Waals surface area contributed by atoms with Gasteiger partial charge in [-0.15, -0.1) is 0 Å². The number of alkyl halides is 3. The Kier molecular flexibility index (Phi) is 7.10. The predicted octanol–water partition coefficient (Wildman–Crippen LogP) is 0.380. The molecule has 0 atom stereocenters. The van der Waals surface area contributed by atoms with Crippen molar-refractivity contribution in [1.82, 2.24) is 10.2 Å². The number of likely N-dealkylation sites (N-methyl/N-ethyl adjacent to an activating group) is 1. The molecule has 0 saturated carbocycles. The number of carbonyl (C=O) groups is 2. The zero-order valence-electron chi connectivity index (χ0n) is 10.0. The quantitative estimate of drug-likeness (QED) is 0.710. The zero-order valence-corrected chi connectivity index (χ0v) is 10.0. The Bertz CT molecular complexity index is 283. The van der Waals surface area contributed by atoms with Gasteiger partial charge in [0.05, 0.1) is 6.61 Å². The van der Waals surface area contributed by atoms with Gasteiger partial charge in [0.1, 0.15) is 6.54 Å². The van der Waals surface area contributed by atoms with E-state index in [0.717, 1.165) is 11.9 Å². The molecule has 6 nitrogen and oxygen atoms in total. The smallest absolute Gasteiger partial charge is 0.422 e. The summed E-state index contributed by atoms with van der Waals surface area (Å²) in [5.41, 5.74) is 0. The summed E-state index contributed by atoms with van der Waals surface area (Å²) < 4.78 is 43.9. The molecule has 0 bridgehead atoms. The first-order valence-electron chi connectivity index (χ1n) is 4.96. The maximum Gasteiger partial charge on any atom is 0.422 e. The van der Waals surface area contributed by atoms with E-state index in [4.69, 9.17) is 0 Å². The van der Waals surface area contributed by atoms with Gasteiger partial charge in [-0.25, -0.2) is 4.79 Å². The summed E-state index contributed by atoms with van der Waals surface area (Å²) in [6.07, 6.45) is -5.80. The van der Waals surface area contributed by atoms with Crippen LogP contribution in [0.4, 0.5) is 18.0 Å². The summed E-state index contributed by atoms with van der Waals surface area (Å²) in [4.78, 5) is 23.0. The lowest BCUT2D eigenvalue weighted by molar-refractivity contribution is -0.162. The fourth-order valence-corrected chi connectivity index (χ4v) is 0.882. The van der Waals surface area contributed by atoms with Crippen LogP contribution in [-0.4, -0.2) is 63.5 Å². The summed E-state index contributed by atoms with van der Waals surface area (Å²) in [6, 6.07) is 0. The highest BCUT2D eigenvalue weighted by molar-refractivity contribution is 5.82. The maximum atomic E-state index is 11.8. The summed E-state index contributed by atoms with van der Waals surface area (Å²) >= 11 is 0.